The van der Waals surface area contributed by atoms with Crippen LogP contribution in [0.5, 0.6) is 0 Å². The van der Waals surface area contributed by atoms with E-state index in [4.69, 9.17) is 16.6 Å². The second kappa shape index (κ2) is 9.09. The zero-order valence-corrected chi connectivity index (χ0v) is 18.2. The van der Waals surface area contributed by atoms with Crippen LogP contribution >= 0.6 is 11.6 Å². The monoisotopic (exact) mass is 427 g/mol. The molecule has 0 spiro atoms. The lowest BCUT2D eigenvalue weighted by Gasteiger charge is -2.22. The van der Waals surface area contributed by atoms with E-state index in [2.05, 4.69) is 59.2 Å². The second-order valence-corrected chi connectivity index (χ2v) is 8.74. The fraction of sp³-hybridized carbons (Fsp3) is 0.222. The molecule has 2 N–H and O–H groups in total. The Morgan fingerprint density at radius 1 is 0.903 bits per heavy atom. The van der Waals surface area contributed by atoms with Crippen molar-refractivity contribution in [3.8, 4) is 11.3 Å². The van der Waals surface area contributed by atoms with Gasteiger partial charge in [0.15, 0.2) is 0 Å². The molecule has 5 rings (SSSR count). The van der Waals surface area contributed by atoms with Crippen LogP contribution in [0, 0.1) is 5.92 Å². The average molecular weight is 428 g/mol. The van der Waals surface area contributed by atoms with Gasteiger partial charge < -0.3 is 10.6 Å². The highest BCUT2D eigenvalue weighted by Crippen LogP contribution is 2.32. The molecule has 0 unspecified atom stereocenters. The van der Waals surface area contributed by atoms with E-state index in [0.29, 0.717) is 5.02 Å². The molecule has 1 aromatic heterocycles. The van der Waals surface area contributed by atoms with Crippen LogP contribution in [0.1, 0.15) is 18.4 Å². The maximum Gasteiger partial charge on any atom is 0.0730 e. The maximum absolute atomic E-state index is 6.23. The summed E-state index contributed by atoms with van der Waals surface area (Å²) in [5.74, 6) is 0.771. The second-order valence-electron chi connectivity index (χ2n) is 8.31. The lowest BCUT2D eigenvalue weighted by atomic mass is 9.91. The van der Waals surface area contributed by atoms with Crippen LogP contribution in [0.2, 0.25) is 5.02 Å². The summed E-state index contributed by atoms with van der Waals surface area (Å²) in [4.78, 5) is 4.88. The first kappa shape index (κ1) is 20.0. The molecule has 0 radical (unpaired) electrons. The summed E-state index contributed by atoms with van der Waals surface area (Å²) in [6.07, 6.45) is 3.66. The number of aromatic nitrogens is 1. The van der Waals surface area contributed by atoms with E-state index >= 15 is 0 Å². The van der Waals surface area contributed by atoms with Crippen molar-refractivity contribution in [2.45, 2.75) is 19.3 Å². The molecule has 4 aromatic rings. The number of benzene rings is 3. The predicted molar refractivity (Wildman–Crippen MR) is 131 cm³/mol. The lowest BCUT2D eigenvalue weighted by molar-refractivity contribution is 0.373. The molecule has 0 saturated carbocycles. The van der Waals surface area contributed by atoms with Crippen LogP contribution in [-0.2, 0) is 6.42 Å². The van der Waals surface area contributed by atoms with Crippen molar-refractivity contribution in [2.75, 3.05) is 18.4 Å². The molecule has 0 amide bonds. The van der Waals surface area contributed by atoms with E-state index < -0.39 is 0 Å². The maximum atomic E-state index is 6.23. The van der Waals surface area contributed by atoms with Crippen LogP contribution < -0.4 is 10.6 Å². The largest absolute Gasteiger partial charge is 0.355 e. The summed E-state index contributed by atoms with van der Waals surface area (Å²) in [6.45, 7) is 2.27. The Kier molecular flexibility index (Phi) is 5.88. The SMILES string of the molecule is Clc1cccc(-c2cc(Nc3cccc(CC4CCNCC4)c3)c3ccccc3n2)c1. The van der Waals surface area contributed by atoms with E-state index in [1.54, 1.807) is 0 Å². The number of halogens is 1. The molecule has 1 aliphatic heterocycles. The minimum atomic E-state index is 0.715. The number of para-hydroxylation sites is 1. The zero-order chi connectivity index (χ0) is 21.0. The zero-order valence-electron chi connectivity index (χ0n) is 17.4. The summed E-state index contributed by atoms with van der Waals surface area (Å²) in [6, 6.07) is 27.1. The summed E-state index contributed by atoms with van der Waals surface area (Å²) < 4.78 is 0. The van der Waals surface area contributed by atoms with Crippen LogP contribution in [0.3, 0.4) is 0 Å². The van der Waals surface area contributed by atoms with E-state index in [1.165, 1.54) is 18.4 Å². The molecule has 1 aliphatic rings. The summed E-state index contributed by atoms with van der Waals surface area (Å²) >= 11 is 6.23. The number of pyridine rings is 1. The van der Waals surface area contributed by atoms with Gasteiger partial charge in [0.1, 0.15) is 0 Å². The van der Waals surface area contributed by atoms with Crippen LogP contribution in [0.25, 0.3) is 22.2 Å². The number of anilines is 2. The lowest BCUT2D eigenvalue weighted by Crippen LogP contribution is -2.28. The highest BCUT2D eigenvalue weighted by molar-refractivity contribution is 6.30. The number of piperidine rings is 1. The molecule has 3 aromatic carbocycles. The topological polar surface area (TPSA) is 37.0 Å². The van der Waals surface area contributed by atoms with Crippen molar-refractivity contribution in [3.05, 3.63) is 89.4 Å². The highest BCUT2D eigenvalue weighted by Gasteiger charge is 2.14. The van der Waals surface area contributed by atoms with Gasteiger partial charge in [0, 0.05) is 21.7 Å². The number of hydrogen-bond acceptors (Lipinski definition) is 3. The molecule has 1 saturated heterocycles. The average Bonchev–Trinajstić information content (AvgIpc) is 2.80. The third-order valence-electron chi connectivity index (χ3n) is 6.03. The van der Waals surface area contributed by atoms with Crippen LogP contribution in [0.4, 0.5) is 11.4 Å². The molecule has 0 bridgehead atoms. The third-order valence-corrected chi connectivity index (χ3v) is 6.26. The molecule has 1 fully saturated rings. The van der Waals surface area contributed by atoms with Gasteiger partial charge in [-0.2, -0.15) is 0 Å². The molecule has 0 aliphatic carbocycles. The van der Waals surface area contributed by atoms with E-state index in [1.807, 2.05) is 30.3 Å². The molecular weight excluding hydrogens is 402 g/mol. The van der Waals surface area contributed by atoms with Crippen molar-refractivity contribution < 1.29 is 0 Å². The third kappa shape index (κ3) is 4.73. The standard InChI is InChI=1S/C27H26ClN3/c28-22-7-4-6-21(17-22)26-18-27(24-9-1-2-10-25(24)31-26)30-23-8-3-5-20(16-23)15-19-11-13-29-14-12-19/h1-10,16-19,29H,11-15H2,(H,30,31). The number of fused-ring (bicyclic) bond motifs is 1. The smallest absolute Gasteiger partial charge is 0.0730 e. The van der Waals surface area contributed by atoms with Gasteiger partial charge in [0.25, 0.3) is 0 Å². The van der Waals surface area contributed by atoms with Gasteiger partial charge in [-0.05, 0) is 80.2 Å². The fourth-order valence-electron chi connectivity index (χ4n) is 4.43. The minimum absolute atomic E-state index is 0.715. The van der Waals surface area contributed by atoms with Gasteiger partial charge >= 0.3 is 0 Å². The molecule has 156 valence electrons. The summed E-state index contributed by atoms with van der Waals surface area (Å²) in [7, 11) is 0. The van der Waals surface area contributed by atoms with Gasteiger partial charge in [-0.1, -0.05) is 54.1 Å². The Hall–Kier alpha value is -2.88. The van der Waals surface area contributed by atoms with Crippen LogP contribution in [0.15, 0.2) is 78.9 Å². The Balaban J connectivity index is 1.48. The van der Waals surface area contributed by atoms with Crippen LogP contribution in [-0.4, -0.2) is 18.1 Å². The minimum Gasteiger partial charge on any atom is -0.355 e. The molecular formula is C27H26ClN3. The van der Waals surface area contributed by atoms with E-state index in [-0.39, 0.29) is 0 Å². The molecule has 3 nitrogen and oxygen atoms in total. The number of hydrogen-bond donors (Lipinski definition) is 2. The summed E-state index contributed by atoms with van der Waals surface area (Å²) in [5.41, 5.74) is 6.45. The van der Waals surface area contributed by atoms with Gasteiger partial charge in [-0.25, -0.2) is 4.98 Å². The molecule has 2 heterocycles. The Morgan fingerprint density at radius 3 is 2.61 bits per heavy atom. The number of rotatable bonds is 5. The Labute approximate surface area is 188 Å². The van der Waals surface area contributed by atoms with Crippen molar-refractivity contribution in [1.29, 1.82) is 0 Å². The number of nitrogens with one attached hydrogen (secondary N) is 2. The first-order valence-corrected chi connectivity index (χ1v) is 11.3. The van der Waals surface area contributed by atoms with Crippen molar-refractivity contribution in [3.63, 3.8) is 0 Å². The fourth-order valence-corrected chi connectivity index (χ4v) is 4.62. The van der Waals surface area contributed by atoms with Crippen molar-refractivity contribution in [2.24, 2.45) is 5.92 Å². The van der Waals surface area contributed by atoms with Gasteiger partial charge in [0.05, 0.1) is 16.9 Å². The van der Waals surface area contributed by atoms with E-state index in [9.17, 15) is 0 Å². The molecule has 0 atom stereocenters. The normalized spacial score (nSPS) is 14.6. The van der Waals surface area contributed by atoms with E-state index in [0.717, 1.165) is 59.0 Å². The van der Waals surface area contributed by atoms with Crippen molar-refractivity contribution >= 4 is 33.9 Å². The first-order valence-electron chi connectivity index (χ1n) is 11.0. The first-order chi connectivity index (χ1) is 15.2. The quantitative estimate of drug-likeness (QED) is 0.366. The van der Waals surface area contributed by atoms with Crippen molar-refractivity contribution in [1.82, 2.24) is 10.3 Å². The summed E-state index contributed by atoms with van der Waals surface area (Å²) in [5, 5.41) is 8.94. The molecule has 31 heavy (non-hydrogen) atoms. The molecule has 4 heteroatoms. The van der Waals surface area contributed by atoms with Gasteiger partial charge in [-0.15, -0.1) is 0 Å². The van der Waals surface area contributed by atoms with Gasteiger partial charge in [0.2, 0.25) is 0 Å². The Morgan fingerprint density at radius 2 is 1.74 bits per heavy atom. The Bertz CT molecular complexity index is 1200. The highest BCUT2D eigenvalue weighted by atomic mass is 35.5. The predicted octanol–water partition coefficient (Wildman–Crippen LogP) is 6.84. The number of nitrogens with zero attached hydrogens (tertiary/aromatic N) is 1. The van der Waals surface area contributed by atoms with Gasteiger partial charge in [-0.3, -0.25) is 0 Å².